The van der Waals surface area contributed by atoms with Gasteiger partial charge < -0.3 is 14.6 Å². The van der Waals surface area contributed by atoms with Crippen LogP contribution in [0.25, 0.3) is 0 Å². The lowest BCUT2D eigenvalue weighted by Crippen LogP contribution is -2.46. The maximum absolute atomic E-state index is 10.4. The minimum Gasteiger partial charge on any atom is -0.390 e. The molecule has 0 spiro atoms. The number of methoxy groups -OCH3 is 2. The van der Waals surface area contributed by atoms with Crippen molar-refractivity contribution in [1.29, 1.82) is 0 Å². The molecule has 0 radical (unpaired) electrons. The van der Waals surface area contributed by atoms with E-state index in [-0.39, 0.29) is 17.3 Å². The van der Waals surface area contributed by atoms with Gasteiger partial charge in [-0.1, -0.05) is 19.3 Å². The molecule has 0 heterocycles. The summed E-state index contributed by atoms with van der Waals surface area (Å²) in [5, 5.41) is 10.4. The van der Waals surface area contributed by atoms with Crippen molar-refractivity contribution >= 4 is 0 Å². The summed E-state index contributed by atoms with van der Waals surface area (Å²) in [6, 6.07) is 0. The molecule has 0 aromatic rings. The van der Waals surface area contributed by atoms with Crippen LogP contribution in [0.3, 0.4) is 0 Å². The number of hydrogen-bond donors (Lipinski definition) is 1. The highest BCUT2D eigenvalue weighted by Gasteiger charge is 2.39. The molecule has 17 heavy (non-hydrogen) atoms. The van der Waals surface area contributed by atoms with Gasteiger partial charge in [-0.3, -0.25) is 0 Å². The summed E-state index contributed by atoms with van der Waals surface area (Å²) in [7, 11) is 3.45. The monoisotopic (exact) mass is 244 g/mol. The summed E-state index contributed by atoms with van der Waals surface area (Å²) < 4.78 is 11.0. The fourth-order valence-corrected chi connectivity index (χ4v) is 2.67. The van der Waals surface area contributed by atoms with E-state index < -0.39 is 0 Å². The quantitative estimate of drug-likeness (QED) is 0.781. The molecule has 1 unspecified atom stereocenters. The molecule has 0 amide bonds. The molecular formula is C14H28O3. The largest absolute Gasteiger partial charge is 0.390 e. The van der Waals surface area contributed by atoms with Crippen LogP contribution in [0.5, 0.6) is 0 Å². The first-order valence-corrected chi connectivity index (χ1v) is 6.74. The van der Waals surface area contributed by atoms with Gasteiger partial charge in [0.2, 0.25) is 0 Å². The molecule has 1 rings (SSSR count). The summed E-state index contributed by atoms with van der Waals surface area (Å²) in [5.74, 6) is 0. The minimum atomic E-state index is -0.373. The Morgan fingerprint density at radius 1 is 1.18 bits per heavy atom. The summed E-state index contributed by atoms with van der Waals surface area (Å²) in [6.45, 7) is 4.11. The molecule has 0 aromatic heterocycles. The Morgan fingerprint density at radius 3 is 2.24 bits per heavy atom. The van der Waals surface area contributed by atoms with E-state index in [4.69, 9.17) is 9.47 Å². The van der Waals surface area contributed by atoms with Crippen LogP contribution in [0, 0.1) is 0 Å². The van der Waals surface area contributed by atoms with E-state index in [0.29, 0.717) is 0 Å². The first-order chi connectivity index (χ1) is 7.96. The second-order valence-electron chi connectivity index (χ2n) is 5.85. The van der Waals surface area contributed by atoms with Gasteiger partial charge in [0, 0.05) is 14.2 Å². The van der Waals surface area contributed by atoms with Crippen LogP contribution in [-0.4, -0.2) is 36.6 Å². The van der Waals surface area contributed by atoms with Gasteiger partial charge in [-0.05, 0) is 39.5 Å². The molecule has 3 heteroatoms. The Labute approximate surface area is 105 Å². The zero-order valence-electron chi connectivity index (χ0n) is 11.8. The van der Waals surface area contributed by atoms with Crippen molar-refractivity contribution in [2.75, 3.05) is 14.2 Å². The molecule has 0 bridgehead atoms. The van der Waals surface area contributed by atoms with E-state index in [1.54, 1.807) is 14.2 Å². The Balaban J connectivity index is 2.51. The second-order valence-corrected chi connectivity index (χ2v) is 5.85. The predicted molar refractivity (Wildman–Crippen MR) is 69.2 cm³/mol. The molecular weight excluding hydrogens is 216 g/mol. The molecule has 1 aliphatic carbocycles. The molecule has 1 N–H and O–H groups in total. The average molecular weight is 244 g/mol. The summed E-state index contributed by atoms with van der Waals surface area (Å²) >= 11 is 0. The maximum Gasteiger partial charge on any atom is 0.0936 e. The molecule has 1 saturated carbocycles. The molecule has 102 valence electrons. The van der Waals surface area contributed by atoms with E-state index in [1.807, 2.05) is 0 Å². The van der Waals surface area contributed by atoms with E-state index in [9.17, 15) is 5.11 Å². The highest BCUT2D eigenvalue weighted by Crippen LogP contribution is 2.36. The lowest BCUT2D eigenvalue weighted by Gasteiger charge is -2.40. The SMILES string of the molecule is COC(C)(C)CCC(O)C1(OC)CCCCC1. The average Bonchev–Trinajstić information content (AvgIpc) is 2.37. The van der Waals surface area contributed by atoms with Crippen molar-refractivity contribution in [1.82, 2.24) is 0 Å². The van der Waals surface area contributed by atoms with Crippen molar-refractivity contribution in [3.8, 4) is 0 Å². The smallest absolute Gasteiger partial charge is 0.0936 e. The molecule has 3 nitrogen and oxygen atoms in total. The van der Waals surface area contributed by atoms with Gasteiger partial charge in [-0.2, -0.15) is 0 Å². The van der Waals surface area contributed by atoms with Gasteiger partial charge in [0.25, 0.3) is 0 Å². The number of rotatable bonds is 6. The topological polar surface area (TPSA) is 38.7 Å². The van der Waals surface area contributed by atoms with Gasteiger partial charge in [0.1, 0.15) is 0 Å². The zero-order chi connectivity index (χ0) is 12.9. The van der Waals surface area contributed by atoms with Crippen LogP contribution in [0.2, 0.25) is 0 Å². The van der Waals surface area contributed by atoms with Crippen molar-refractivity contribution in [3.63, 3.8) is 0 Å². The van der Waals surface area contributed by atoms with Crippen molar-refractivity contribution in [2.24, 2.45) is 0 Å². The van der Waals surface area contributed by atoms with Crippen LogP contribution < -0.4 is 0 Å². The Kier molecular flexibility index (Phi) is 5.42. The number of aliphatic hydroxyl groups is 1. The highest BCUT2D eigenvalue weighted by atomic mass is 16.5. The lowest BCUT2D eigenvalue weighted by atomic mass is 9.78. The summed E-state index contributed by atoms with van der Waals surface area (Å²) in [5.41, 5.74) is -0.466. The standard InChI is InChI=1S/C14H28O3/c1-13(2,16-3)11-8-12(15)14(17-4)9-6-5-7-10-14/h12,15H,5-11H2,1-4H3. The first-order valence-electron chi connectivity index (χ1n) is 6.74. The van der Waals surface area contributed by atoms with Gasteiger partial charge in [0.15, 0.2) is 0 Å². The van der Waals surface area contributed by atoms with Crippen LogP contribution >= 0.6 is 0 Å². The van der Waals surface area contributed by atoms with E-state index in [2.05, 4.69) is 13.8 Å². The van der Waals surface area contributed by atoms with E-state index >= 15 is 0 Å². The molecule has 1 fully saturated rings. The highest BCUT2D eigenvalue weighted by molar-refractivity contribution is 4.91. The Bertz CT molecular complexity index is 220. The third-order valence-electron chi connectivity index (χ3n) is 4.29. The Morgan fingerprint density at radius 2 is 1.76 bits per heavy atom. The fraction of sp³-hybridized carbons (Fsp3) is 1.00. The molecule has 0 aliphatic heterocycles. The van der Waals surface area contributed by atoms with Gasteiger partial charge in [-0.25, -0.2) is 0 Å². The number of aliphatic hydroxyl groups excluding tert-OH is 1. The second kappa shape index (κ2) is 6.17. The van der Waals surface area contributed by atoms with Crippen molar-refractivity contribution in [3.05, 3.63) is 0 Å². The number of ether oxygens (including phenoxy) is 2. The zero-order valence-corrected chi connectivity index (χ0v) is 11.8. The normalized spacial score (nSPS) is 22.4. The molecule has 0 saturated heterocycles. The predicted octanol–water partition coefficient (Wildman–Crippen LogP) is 2.90. The first kappa shape index (κ1) is 14.9. The Hall–Kier alpha value is -0.120. The van der Waals surface area contributed by atoms with Crippen molar-refractivity contribution < 1.29 is 14.6 Å². The van der Waals surface area contributed by atoms with E-state index in [1.165, 1.54) is 19.3 Å². The van der Waals surface area contributed by atoms with E-state index in [0.717, 1.165) is 25.7 Å². The van der Waals surface area contributed by atoms with Crippen molar-refractivity contribution in [2.45, 2.75) is 76.1 Å². The number of hydrogen-bond acceptors (Lipinski definition) is 3. The third kappa shape index (κ3) is 3.94. The van der Waals surface area contributed by atoms with Crippen LogP contribution in [-0.2, 0) is 9.47 Å². The van der Waals surface area contributed by atoms with Gasteiger partial charge >= 0.3 is 0 Å². The minimum absolute atomic E-state index is 0.162. The van der Waals surface area contributed by atoms with Gasteiger partial charge in [-0.15, -0.1) is 0 Å². The van der Waals surface area contributed by atoms with Gasteiger partial charge in [0.05, 0.1) is 17.3 Å². The van der Waals surface area contributed by atoms with Crippen LogP contribution in [0.15, 0.2) is 0 Å². The lowest BCUT2D eigenvalue weighted by molar-refractivity contribution is -0.130. The summed E-state index contributed by atoms with van der Waals surface area (Å²) in [4.78, 5) is 0. The molecule has 1 aliphatic rings. The molecule has 1 atom stereocenters. The van der Waals surface area contributed by atoms with Crippen LogP contribution in [0.1, 0.15) is 58.8 Å². The molecule has 0 aromatic carbocycles. The maximum atomic E-state index is 10.4. The third-order valence-corrected chi connectivity index (χ3v) is 4.29. The van der Waals surface area contributed by atoms with Crippen LogP contribution in [0.4, 0.5) is 0 Å². The fourth-order valence-electron chi connectivity index (χ4n) is 2.67. The summed E-state index contributed by atoms with van der Waals surface area (Å²) in [6.07, 6.45) is 6.79.